The van der Waals surface area contributed by atoms with E-state index in [1.807, 2.05) is 0 Å². The van der Waals surface area contributed by atoms with Crippen molar-refractivity contribution in [2.24, 2.45) is 5.92 Å². The van der Waals surface area contributed by atoms with Crippen molar-refractivity contribution in [3.05, 3.63) is 0 Å². The number of carboxylic acid groups (broad SMARTS) is 1. The first-order chi connectivity index (χ1) is 5.96. The summed E-state index contributed by atoms with van der Waals surface area (Å²) < 4.78 is 26.2. The third-order valence-corrected chi connectivity index (χ3v) is 3.17. The molecule has 3 nitrogen and oxygen atoms in total. The van der Waals surface area contributed by atoms with Crippen LogP contribution in [0.4, 0.5) is 8.78 Å². The third kappa shape index (κ3) is 1.14. The Balaban J connectivity index is 2.22. The van der Waals surface area contributed by atoms with Gasteiger partial charge in [-0.1, -0.05) is 0 Å². The molecule has 1 saturated heterocycles. The zero-order valence-electron chi connectivity index (χ0n) is 7.02. The van der Waals surface area contributed by atoms with E-state index in [1.165, 1.54) is 0 Å². The number of carboxylic acids is 1. The Hall–Kier alpha value is -0.710. The standard InChI is InChI=1S/C8H11F2NO2/c9-8(10)2-1-7(6(12)13)3-5(8)4-11-7/h5,11H,1-4H2,(H,12,13)/t5-,7+/m0/s1. The lowest BCUT2D eigenvalue weighted by atomic mass is 9.78. The maximum absolute atomic E-state index is 13.1. The second kappa shape index (κ2) is 2.41. The van der Waals surface area contributed by atoms with Crippen LogP contribution in [-0.4, -0.2) is 29.1 Å². The van der Waals surface area contributed by atoms with Gasteiger partial charge in [-0.15, -0.1) is 0 Å². The highest BCUT2D eigenvalue weighted by molar-refractivity contribution is 5.79. The van der Waals surface area contributed by atoms with Crippen molar-refractivity contribution in [3.8, 4) is 0 Å². The van der Waals surface area contributed by atoms with Crippen LogP contribution >= 0.6 is 0 Å². The van der Waals surface area contributed by atoms with Gasteiger partial charge in [0.25, 0.3) is 5.92 Å². The van der Waals surface area contributed by atoms with Gasteiger partial charge in [-0.25, -0.2) is 8.78 Å². The molecule has 0 aromatic rings. The summed E-state index contributed by atoms with van der Waals surface area (Å²) >= 11 is 0. The summed E-state index contributed by atoms with van der Waals surface area (Å²) in [6.45, 7) is 0.124. The number of alkyl halides is 2. The smallest absolute Gasteiger partial charge is 0.323 e. The van der Waals surface area contributed by atoms with Crippen molar-refractivity contribution in [2.45, 2.75) is 30.7 Å². The predicted molar refractivity (Wildman–Crippen MR) is 40.7 cm³/mol. The second-order valence-corrected chi connectivity index (χ2v) is 3.93. The molecule has 1 saturated carbocycles. The van der Waals surface area contributed by atoms with Crippen molar-refractivity contribution in [1.29, 1.82) is 0 Å². The predicted octanol–water partition coefficient (Wildman–Crippen LogP) is 0.848. The molecule has 0 aromatic heterocycles. The lowest BCUT2D eigenvalue weighted by Gasteiger charge is -2.33. The lowest BCUT2D eigenvalue weighted by molar-refractivity contribution is -0.149. The molecule has 2 atom stereocenters. The highest BCUT2D eigenvalue weighted by Gasteiger charge is 2.58. The maximum Gasteiger partial charge on any atom is 0.323 e. The Kier molecular flexibility index (Phi) is 1.64. The van der Waals surface area contributed by atoms with Crippen molar-refractivity contribution in [1.82, 2.24) is 5.32 Å². The number of nitrogens with one attached hydrogen (secondary N) is 1. The first-order valence-corrected chi connectivity index (χ1v) is 4.33. The molecule has 0 aromatic carbocycles. The van der Waals surface area contributed by atoms with Crippen LogP contribution in [0.15, 0.2) is 0 Å². The zero-order chi connectivity index (χ0) is 9.69. The second-order valence-electron chi connectivity index (χ2n) is 3.93. The average molecular weight is 191 g/mol. The number of hydrogen-bond acceptors (Lipinski definition) is 2. The fraction of sp³-hybridized carbons (Fsp3) is 0.875. The summed E-state index contributed by atoms with van der Waals surface area (Å²) in [7, 11) is 0. The molecular weight excluding hydrogens is 180 g/mol. The van der Waals surface area contributed by atoms with Gasteiger partial charge in [0.2, 0.25) is 0 Å². The van der Waals surface area contributed by atoms with Crippen LogP contribution in [0, 0.1) is 5.92 Å². The molecule has 1 aliphatic carbocycles. The van der Waals surface area contributed by atoms with Crippen LogP contribution in [-0.2, 0) is 4.79 Å². The summed E-state index contributed by atoms with van der Waals surface area (Å²) in [5.74, 6) is -4.47. The van der Waals surface area contributed by atoms with Crippen molar-refractivity contribution in [3.63, 3.8) is 0 Å². The maximum atomic E-state index is 13.1. The molecule has 1 aliphatic heterocycles. The number of aliphatic carboxylic acids is 1. The summed E-state index contributed by atoms with van der Waals surface area (Å²) in [6.07, 6.45) is -0.210. The lowest BCUT2D eigenvalue weighted by Crippen LogP contribution is -2.49. The van der Waals surface area contributed by atoms with Gasteiger partial charge >= 0.3 is 5.97 Å². The molecule has 1 heterocycles. The van der Waals surface area contributed by atoms with Crippen molar-refractivity contribution in [2.75, 3.05) is 6.54 Å². The normalized spacial score (nSPS) is 41.8. The van der Waals surface area contributed by atoms with Crippen molar-refractivity contribution >= 4 is 5.97 Å². The van der Waals surface area contributed by atoms with E-state index in [4.69, 9.17) is 5.11 Å². The van der Waals surface area contributed by atoms with Gasteiger partial charge in [-0.05, 0) is 12.8 Å². The third-order valence-electron chi connectivity index (χ3n) is 3.17. The molecular formula is C8H11F2NO2. The minimum Gasteiger partial charge on any atom is -0.480 e. The fourth-order valence-electron chi connectivity index (χ4n) is 2.23. The van der Waals surface area contributed by atoms with Crippen LogP contribution in [0.3, 0.4) is 0 Å². The molecule has 0 unspecified atom stereocenters. The Morgan fingerprint density at radius 2 is 2.15 bits per heavy atom. The summed E-state index contributed by atoms with van der Waals surface area (Å²) in [5.41, 5.74) is -1.06. The average Bonchev–Trinajstić information content (AvgIpc) is 2.42. The van der Waals surface area contributed by atoms with E-state index in [9.17, 15) is 13.6 Å². The number of carbonyl (C=O) groups is 1. The number of fused-ring (bicyclic) bond motifs is 2. The Bertz CT molecular complexity index is 257. The van der Waals surface area contributed by atoms with E-state index in [1.54, 1.807) is 0 Å². The zero-order valence-corrected chi connectivity index (χ0v) is 7.02. The molecule has 2 fully saturated rings. The van der Waals surface area contributed by atoms with E-state index in [2.05, 4.69) is 5.32 Å². The van der Waals surface area contributed by atoms with Gasteiger partial charge in [0, 0.05) is 18.9 Å². The highest BCUT2D eigenvalue weighted by atomic mass is 19.3. The summed E-state index contributed by atoms with van der Waals surface area (Å²) in [6, 6.07) is 0. The van der Waals surface area contributed by atoms with Crippen LogP contribution in [0.5, 0.6) is 0 Å². The SMILES string of the molecule is O=C(O)[C@]12CCC(F)(F)[C@H](CN1)C2. The van der Waals surface area contributed by atoms with Gasteiger partial charge in [-0.3, -0.25) is 4.79 Å². The molecule has 2 aliphatic rings. The molecule has 74 valence electrons. The molecule has 2 N–H and O–H groups in total. The monoisotopic (exact) mass is 191 g/mol. The minimum absolute atomic E-state index is 0.0336. The van der Waals surface area contributed by atoms with E-state index < -0.39 is 23.3 Å². The van der Waals surface area contributed by atoms with Crippen LogP contribution in [0.2, 0.25) is 0 Å². The molecule has 2 bridgehead atoms. The molecule has 2 rings (SSSR count). The molecule has 0 radical (unpaired) electrons. The Morgan fingerprint density at radius 1 is 1.46 bits per heavy atom. The van der Waals surface area contributed by atoms with E-state index in [0.717, 1.165) is 0 Å². The summed E-state index contributed by atoms with van der Waals surface area (Å²) in [5, 5.41) is 11.6. The van der Waals surface area contributed by atoms with Crippen LogP contribution < -0.4 is 5.32 Å². The highest BCUT2D eigenvalue weighted by Crippen LogP contribution is 2.46. The Labute approximate surface area is 74.1 Å². The Morgan fingerprint density at radius 3 is 2.77 bits per heavy atom. The topological polar surface area (TPSA) is 49.3 Å². The first kappa shape index (κ1) is 8.87. The van der Waals surface area contributed by atoms with E-state index >= 15 is 0 Å². The first-order valence-electron chi connectivity index (χ1n) is 4.33. The largest absolute Gasteiger partial charge is 0.480 e. The molecule has 0 amide bonds. The van der Waals surface area contributed by atoms with E-state index in [-0.39, 0.29) is 25.8 Å². The van der Waals surface area contributed by atoms with Gasteiger partial charge in [0.05, 0.1) is 0 Å². The van der Waals surface area contributed by atoms with Gasteiger partial charge < -0.3 is 10.4 Å². The van der Waals surface area contributed by atoms with E-state index in [0.29, 0.717) is 0 Å². The van der Waals surface area contributed by atoms with Gasteiger partial charge in [0.15, 0.2) is 0 Å². The van der Waals surface area contributed by atoms with Crippen LogP contribution in [0.25, 0.3) is 0 Å². The minimum atomic E-state index is -2.68. The number of rotatable bonds is 1. The quantitative estimate of drug-likeness (QED) is 0.646. The number of halogens is 2. The molecule has 13 heavy (non-hydrogen) atoms. The van der Waals surface area contributed by atoms with Crippen molar-refractivity contribution < 1.29 is 18.7 Å². The van der Waals surface area contributed by atoms with Gasteiger partial charge in [-0.2, -0.15) is 0 Å². The summed E-state index contributed by atoms with van der Waals surface area (Å²) in [4.78, 5) is 10.8. The van der Waals surface area contributed by atoms with Crippen LogP contribution in [0.1, 0.15) is 19.3 Å². The van der Waals surface area contributed by atoms with Gasteiger partial charge in [0.1, 0.15) is 5.54 Å². The fourth-order valence-corrected chi connectivity index (χ4v) is 2.23. The molecule has 5 heteroatoms. The molecule has 0 spiro atoms. The number of hydrogen-bond donors (Lipinski definition) is 2.